The molecule has 1 amide bonds. The second kappa shape index (κ2) is 7.96. The van der Waals surface area contributed by atoms with Crippen molar-refractivity contribution >= 4 is 28.3 Å². The van der Waals surface area contributed by atoms with E-state index in [0.717, 1.165) is 42.4 Å². The highest BCUT2D eigenvalue weighted by atomic mass is 16.6. The third-order valence-corrected chi connectivity index (χ3v) is 5.29. The van der Waals surface area contributed by atoms with Gasteiger partial charge in [0.25, 0.3) is 5.69 Å². The third-order valence-electron chi connectivity index (χ3n) is 5.29. The van der Waals surface area contributed by atoms with Crippen LogP contribution in [-0.4, -0.2) is 43.6 Å². The predicted octanol–water partition coefficient (Wildman–Crippen LogP) is 2.96. The molecule has 29 heavy (non-hydrogen) atoms. The van der Waals surface area contributed by atoms with Gasteiger partial charge in [-0.1, -0.05) is 6.07 Å². The Morgan fingerprint density at radius 1 is 1.24 bits per heavy atom. The standard InChI is InChI=1S/C20H22N6O3/c1-14-2-5-19(21-11-14)23-20(27)15-6-8-24(9-7-15)13-25-18-10-17(26(28)29)4-3-16(18)12-22-25/h2-5,10-12,15H,6-9,13H2,1H3,(H,21,23,27). The number of aromatic nitrogens is 3. The van der Waals surface area contributed by atoms with Crippen LogP contribution in [0.4, 0.5) is 11.5 Å². The molecule has 0 unspecified atom stereocenters. The summed E-state index contributed by atoms with van der Waals surface area (Å²) in [6.07, 6.45) is 4.94. The van der Waals surface area contributed by atoms with E-state index in [2.05, 4.69) is 20.3 Å². The molecule has 150 valence electrons. The normalized spacial score (nSPS) is 15.5. The number of benzene rings is 1. The summed E-state index contributed by atoms with van der Waals surface area (Å²) in [5.74, 6) is 0.526. The molecular weight excluding hydrogens is 372 g/mol. The van der Waals surface area contributed by atoms with Gasteiger partial charge in [-0.15, -0.1) is 0 Å². The molecule has 0 aliphatic carbocycles. The van der Waals surface area contributed by atoms with Crippen molar-refractivity contribution in [1.82, 2.24) is 19.7 Å². The minimum absolute atomic E-state index is 0.00108. The molecule has 1 aromatic carbocycles. The maximum atomic E-state index is 12.5. The number of carbonyl (C=O) groups excluding carboxylic acids is 1. The van der Waals surface area contributed by atoms with Crippen LogP contribution < -0.4 is 5.32 Å². The number of nitrogens with zero attached hydrogens (tertiary/aromatic N) is 5. The SMILES string of the molecule is Cc1ccc(NC(=O)C2CCN(Cn3ncc4ccc([N+](=O)[O-])cc43)CC2)nc1. The molecule has 1 fully saturated rings. The van der Waals surface area contributed by atoms with Crippen LogP contribution >= 0.6 is 0 Å². The van der Waals surface area contributed by atoms with E-state index in [4.69, 9.17) is 0 Å². The number of piperidine rings is 1. The number of aryl methyl sites for hydroxylation is 1. The lowest BCUT2D eigenvalue weighted by molar-refractivity contribution is -0.384. The van der Waals surface area contributed by atoms with E-state index in [1.165, 1.54) is 6.07 Å². The number of amides is 1. The van der Waals surface area contributed by atoms with Gasteiger partial charge in [0.1, 0.15) is 5.82 Å². The Balaban J connectivity index is 1.36. The van der Waals surface area contributed by atoms with Gasteiger partial charge >= 0.3 is 0 Å². The molecule has 0 saturated carbocycles. The van der Waals surface area contributed by atoms with E-state index in [1.807, 2.05) is 19.1 Å². The Bertz CT molecular complexity index is 1040. The fourth-order valence-electron chi connectivity index (χ4n) is 3.58. The Morgan fingerprint density at radius 3 is 2.72 bits per heavy atom. The summed E-state index contributed by atoms with van der Waals surface area (Å²) in [6, 6.07) is 8.49. The van der Waals surface area contributed by atoms with Gasteiger partial charge in [0.15, 0.2) is 0 Å². The van der Waals surface area contributed by atoms with Crippen molar-refractivity contribution < 1.29 is 9.72 Å². The molecular formula is C20H22N6O3. The third kappa shape index (κ3) is 4.24. The molecule has 1 saturated heterocycles. The number of nitrogens with one attached hydrogen (secondary N) is 1. The lowest BCUT2D eigenvalue weighted by Gasteiger charge is -2.31. The second-order valence-electron chi connectivity index (χ2n) is 7.39. The molecule has 9 nitrogen and oxygen atoms in total. The first-order valence-corrected chi connectivity index (χ1v) is 9.55. The van der Waals surface area contributed by atoms with Gasteiger partial charge in [-0.3, -0.25) is 24.5 Å². The number of nitro benzene ring substituents is 1. The monoisotopic (exact) mass is 394 g/mol. The first-order chi connectivity index (χ1) is 14.0. The zero-order valence-corrected chi connectivity index (χ0v) is 16.1. The highest BCUT2D eigenvalue weighted by molar-refractivity contribution is 5.91. The summed E-state index contributed by atoms with van der Waals surface area (Å²) in [5, 5.41) is 19.2. The number of hydrogen-bond donors (Lipinski definition) is 1. The molecule has 0 radical (unpaired) electrons. The van der Waals surface area contributed by atoms with Crippen molar-refractivity contribution in [1.29, 1.82) is 0 Å². The number of carbonyl (C=O) groups is 1. The van der Waals surface area contributed by atoms with Crippen LogP contribution in [0.3, 0.4) is 0 Å². The van der Waals surface area contributed by atoms with Gasteiger partial charge in [-0.2, -0.15) is 5.10 Å². The van der Waals surface area contributed by atoms with Crippen LogP contribution in [0.25, 0.3) is 10.9 Å². The molecule has 9 heteroatoms. The Labute approximate surface area is 167 Å². The minimum atomic E-state index is -0.399. The first kappa shape index (κ1) is 19.0. The van der Waals surface area contributed by atoms with Gasteiger partial charge in [0, 0.05) is 42.7 Å². The fraction of sp³-hybridized carbons (Fsp3) is 0.350. The Kier molecular flexibility index (Phi) is 5.22. The van der Waals surface area contributed by atoms with Crippen LogP contribution in [0.15, 0.2) is 42.7 Å². The van der Waals surface area contributed by atoms with E-state index in [1.54, 1.807) is 29.2 Å². The number of nitro groups is 1. The topological polar surface area (TPSA) is 106 Å². The number of hydrogen-bond acceptors (Lipinski definition) is 6. The molecule has 3 aromatic rings. The maximum Gasteiger partial charge on any atom is 0.271 e. The van der Waals surface area contributed by atoms with Crippen molar-refractivity contribution in [2.24, 2.45) is 5.92 Å². The van der Waals surface area contributed by atoms with Crippen molar-refractivity contribution in [3.63, 3.8) is 0 Å². The van der Waals surface area contributed by atoms with E-state index >= 15 is 0 Å². The molecule has 0 spiro atoms. The summed E-state index contributed by atoms with van der Waals surface area (Å²) >= 11 is 0. The van der Waals surface area contributed by atoms with Crippen LogP contribution in [-0.2, 0) is 11.5 Å². The van der Waals surface area contributed by atoms with Crippen molar-refractivity contribution in [2.45, 2.75) is 26.4 Å². The van der Waals surface area contributed by atoms with E-state index in [0.29, 0.717) is 12.5 Å². The van der Waals surface area contributed by atoms with Crippen LogP contribution in [0.5, 0.6) is 0 Å². The van der Waals surface area contributed by atoms with E-state index in [-0.39, 0.29) is 17.5 Å². The van der Waals surface area contributed by atoms with E-state index < -0.39 is 4.92 Å². The Morgan fingerprint density at radius 2 is 2.03 bits per heavy atom. The fourth-order valence-corrected chi connectivity index (χ4v) is 3.58. The van der Waals surface area contributed by atoms with Crippen molar-refractivity contribution in [3.05, 3.63) is 58.4 Å². The number of rotatable bonds is 5. The second-order valence-corrected chi connectivity index (χ2v) is 7.39. The number of anilines is 1. The lowest BCUT2D eigenvalue weighted by atomic mass is 9.96. The highest BCUT2D eigenvalue weighted by Gasteiger charge is 2.25. The van der Waals surface area contributed by atoms with Gasteiger partial charge < -0.3 is 5.32 Å². The van der Waals surface area contributed by atoms with Crippen molar-refractivity contribution in [3.8, 4) is 0 Å². The largest absolute Gasteiger partial charge is 0.310 e. The number of likely N-dealkylation sites (tertiary alicyclic amines) is 1. The maximum absolute atomic E-state index is 12.5. The van der Waals surface area contributed by atoms with Crippen LogP contribution in [0.2, 0.25) is 0 Å². The molecule has 0 atom stereocenters. The lowest BCUT2D eigenvalue weighted by Crippen LogP contribution is -2.39. The predicted molar refractivity (Wildman–Crippen MR) is 108 cm³/mol. The zero-order chi connectivity index (χ0) is 20.4. The van der Waals surface area contributed by atoms with E-state index in [9.17, 15) is 14.9 Å². The smallest absolute Gasteiger partial charge is 0.271 e. The Hall–Kier alpha value is -3.33. The van der Waals surface area contributed by atoms with Gasteiger partial charge in [-0.05, 0) is 37.5 Å². The highest BCUT2D eigenvalue weighted by Crippen LogP contribution is 2.23. The van der Waals surface area contributed by atoms with Gasteiger partial charge in [-0.25, -0.2) is 4.98 Å². The molecule has 2 aromatic heterocycles. The molecule has 1 aliphatic heterocycles. The molecule has 0 bridgehead atoms. The summed E-state index contributed by atoms with van der Waals surface area (Å²) in [4.78, 5) is 29.6. The summed E-state index contributed by atoms with van der Waals surface area (Å²) < 4.78 is 1.78. The molecule has 1 aliphatic rings. The molecule has 3 heterocycles. The average Bonchev–Trinajstić information content (AvgIpc) is 3.12. The summed E-state index contributed by atoms with van der Waals surface area (Å²) in [5.41, 5.74) is 1.84. The van der Waals surface area contributed by atoms with Gasteiger partial charge in [0.05, 0.1) is 23.3 Å². The molecule has 4 rings (SSSR count). The number of non-ortho nitro benzene ring substituents is 1. The van der Waals surface area contributed by atoms with Crippen molar-refractivity contribution in [2.75, 3.05) is 18.4 Å². The number of fused-ring (bicyclic) bond motifs is 1. The average molecular weight is 394 g/mol. The van der Waals surface area contributed by atoms with Crippen LogP contribution in [0, 0.1) is 23.0 Å². The number of pyridine rings is 1. The summed E-state index contributed by atoms with van der Waals surface area (Å²) in [6.45, 7) is 4.01. The van der Waals surface area contributed by atoms with Crippen LogP contribution in [0.1, 0.15) is 18.4 Å². The summed E-state index contributed by atoms with van der Waals surface area (Å²) in [7, 11) is 0. The zero-order valence-electron chi connectivity index (χ0n) is 16.1. The first-order valence-electron chi connectivity index (χ1n) is 9.55. The minimum Gasteiger partial charge on any atom is -0.310 e. The molecule has 1 N–H and O–H groups in total. The van der Waals surface area contributed by atoms with Gasteiger partial charge in [0.2, 0.25) is 5.91 Å². The quantitative estimate of drug-likeness (QED) is 0.527.